The smallest absolute Gasteiger partial charge is 0.328 e. The van der Waals surface area contributed by atoms with Gasteiger partial charge in [0.05, 0.1) is 4.92 Å². The second kappa shape index (κ2) is 6.69. The highest BCUT2D eigenvalue weighted by Crippen LogP contribution is 2.29. The minimum absolute atomic E-state index is 0.0538. The van der Waals surface area contributed by atoms with Crippen molar-refractivity contribution in [2.24, 2.45) is 0 Å². The molecule has 0 fully saturated rings. The van der Waals surface area contributed by atoms with E-state index in [2.05, 4.69) is 22.5 Å². The standard InChI is InChI=1S/C12H10BrNO5/c1-8(13)7-19-11-6-9(3-5-12(15)16)2-4-10(11)14(17)18/h2-6H,1,7H2,(H,15,16)/b5-3+. The summed E-state index contributed by atoms with van der Waals surface area (Å²) in [5.74, 6) is -1.05. The number of carbonyl (C=O) groups is 1. The number of nitro benzene ring substituents is 1. The molecule has 6 nitrogen and oxygen atoms in total. The van der Waals surface area contributed by atoms with Crippen molar-refractivity contribution in [3.05, 3.63) is 51.0 Å². The van der Waals surface area contributed by atoms with Crippen LogP contribution in [0.3, 0.4) is 0 Å². The van der Waals surface area contributed by atoms with Crippen molar-refractivity contribution in [2.75, 3.05) is 6.61 Å². The van der Waals surface area contributed by atoms with Gasteiger partial charge in [-0.1, -0.05) is 22.5 Å². The molecule has 19 heavy (non-hydrogen) atoms. The number of carboxylic acids is 1. The van der Waals surface area contributed by atoms with Crippen LogP contribution in [0.1, 0.15) is 5.56 Å². The van der Waals surface area contributed by atoms with Crippen molar-refractivity contribution < 1.29 is 19.6 Å². The highest BCUT2D eigenvalue weighted by molar-refractivity contribution is 9.11. The number of rotatable bonds is 6. The van der Waals surface area contributed by atoms with E-state index in [0.29, 0.717) is 10.0 Å². The van der Waals surface area contributed by atoms with Gasteiger partial charge in [-0.3, -0.25) is 10.1 Å². The van der Waals surface area contributed by atoms with Crippen LogP contribution < -0.4 is 4.74 Å². The normalized spacial score (nSPS) is 10.4. The summed E-state index contributed by atoms with van der Waals surface area (Å²) in [6.07, 6.45) is 2.26. The molecule has 0 amide bonds. The van der Waals surface area contributed by atoms with Crippen molar-refractivity contribution >= 4 is 33.7 Å². The summed E-state index contributed by atoms with van der Waals surface area (Å²) in [4.78, 5) is 20.7. The molecule has 0 aliphatic heterocycles. The Kier molecular flexibility index (Phi) is 5.25. The van der Waals surface area contributed by atoms with Crippen LogP contribution in [0.5, 0.6) is 5.75 Å². The molecule has 0 atom stereocenters. The Labute approximate surface area is 117 Å². The molecule has 1 N–H and O–H groups in total. The molecule has 0 saturated carbocycles. The Morgan fingerprint density at radius 1 is 1.58 bits per heavy atom. The van der Waals surface area contributed by atoms with Crippen molar-refractivity contribution in [3.8, 4) is 5.75 Å². The zero-order valence-corrected chi connectivity index (χ0v) is 11.3. The van der Waals surface area contributed by atoms with Gasteiger partial charge in [-0.25, -0.2) is 4.79 Å². The first-order chi connectivity index (χ1) is 8.90. The molecule has 100 valence electrons. The highest BCUT2D eigenvalue weighted by Gasteiger charge is 2.15. The Bertz CT molecular complexity index is 553. The molecule has 0 unspecified atom stereocenters. The van der Waals surface area contributed by atoms with Gasteiger partial charge in [0.15, 0.2) is 5.75 Å². The number of hydrogen-bond donors (Lipinski definition) is 1. The number of carboxylic acid groups (broad SMARTS) is 1. The molecule has 0 aromatic heterocycles. The first kappa shape index (κ1) is 14.9. The van der Waals surface area contributed by atoms with E-state index < -0.39 is 10.9 Å². The van der Waals surface area contributed by atoms with Crippen LogP contribution in [0.15, 0.2) is 35.3 Å². The number of aliphatic carboxylic acids is 1. The molecule has 1 rings (SSSR count). The Morgan fingerprint density at radius 2 is 2.26 bits per heavy atom. The maximum Gasteiger partial charge on any atom is 0.328 e. The second-order valence-corrected chi connectivity index (χ2v) is 4.58. The van der Waals surface area contributed by atoms with Gasteiger partial charge in [0, 0.05) is 16.6 Å². The molecule has 7 heteroatoms. The van der Waals surface area contributed by atoms with Gasteiger partial charge in [0.2, 0.25) is 0 Å². The minimum Gasteiger partial charge on any atom is -0.481 e. The van der Waals surface area contributed by atoms with Gasteiger partial charge in [-0.05, 0) is 23.8 Å². The summed E-state index contributed by atoms with van der Waals surface area (Å²) in [7, 11) is 0. The number of hydrogen-bond acceptors (Lipinski definition) is 4. The van der Waals surface area contributed by atoms with Gasteiger partial charge in [-0.15, -0.1) is 0 Å². The van der Waals surface area contributed by atoms with Crippen molar-refractivity contribution in [3.63, 3.8) is 0 Å². The molecule has 0 spiro atoms. The SMILES string of the molecule is C=C(Br)COc1cc(/C=C/C(=O)O)ccc1[N+](=O)[O-]. The van der Waals surface area contributed by atoms with Gasteiger partial charge in [-0.2, -0.15) is 0 Å². The number of ether oxygens (including phenoxy) is 1. The second-order valence-electron chi connectivity index (χ2n) is 3.46. The Hall–Kier alpha value is -2.15. The summed E-state index contributed by atoms with van der Waals surface area (Å²) in [5, 5.41) is 19.3. The fourth-order valence-electron chi connectivity index (χ4n) is 1.22. The summed E-state index contributed by atoms with van der Waals surface area (Å²) in [6, 6.07) is 4.09. The van der Waals surface area contributed by atoms with E-state index in [-0.39, 0.29) is 18.0 Å². The molecular formula is C12H10BrNO5. The fraction of sp³-hybridized carbons (Fsp3) is 0.0833. The average Bonchev–Trinajstić information content (AvgIpc) is 2.33. The molecule has 0 heterocycles. The molecule has 1 aromatic carbocycles. The topological polar surface area (TPSA) is 89.7 Å². The molecule has 1 aromatic rings. The lowest BCUT2D eigenvalue weighted by atomic mass is 10.2. The fourth-order valence-corrected chi connectivity index (χ4v) is 1.34. The minimum atomic E-state index is -1.10. The van der Waals surface area contributed by atoms with E-state index in [0.717, 1.165) is 6.08 Å². The van der Waals surface area contributed by atoms with Crippen LogP contribution in [-0.4, -0.2) is 22.6 Å². The third kappa shape index (κ3) is 4.92. The predicted molar refractivity (Wildman–Crippen MR) is 73.3 cm³/mol. The lowest BCUT2D eigenvalue weighted by molar-refractivity contribution is -0.385. The summed E-state index contributed by atoms with van der Waals surface area (Å²) < 4.78 is 5.77. The third-order valence-electron chi connectivity index (χ3n) is 1.98. The number of nitro groups is 1. The highest BCUT2D eigenvalue weighted by atomic mass is 79.9. The van der Waals surface area contributed by atoms with E-state index in [4.69, 9.17) is 9.84 Å². The van der Waals surface area contributed by atoms with Gasteiger partial charge in [0.25, 0.3) is 0 Å². The lowest BCUT2D eigenvalue weighted by Gasteiger charge is -2.06. The van der Waals surface area contributed by atoms with E-state index >= 15 is 0 Å². The van der Waals surface area contributed by atoms with Crippen LogP contribution >= 0.6 is 15.9 Å². The first-order valence-corrected chi connectivity index (χ1v) is 5.85. The molecule has 0 aliphatic carbocycles. The third-order valence-corrected chi connectivity index (χ3v) is 2.21. The van der Waals surface area contributed by atoms with Crippen LogP contribution in [0.25, 0.3) is 6.08 Å². The first-order valence-electron chi connectivity index (χ1n) is 5.05. The summed E-state index contributed by atoms with van der Waals surface area (Å²) >= 11 is 3.08. The van der Waals surface area contributed by atoms with Crippen LogP contribution in [0, 0.1) is 10.1 Å². The quantitative estimate of drug-likeness (QED) is 0.492. The largest absolute Gasteiger partial charge is 0.481 e. The van der Waals surface area contributed by atoms with Crippen molar-refractivity contribution in [2.45, 2.75) is 0 Å². The number of benzene rings is 1. The molecule has 0 aliphatic rings. The van der Waals surface area contributed by atoms with Crippen LogP contribution in [-0.2, 0) is 4.79 Å². The summed E-state index contributed by atoms with van der Waals surface area (Å²) in [5.41, 5.74) is 0.296. The van der Waals surface area contributed by atoms with E-state index in [1.54, 1.807) is 0 Å². The molecule has 0 radical (unpaired) electrons. The van der Waals surface area contributed by atoms with Crippen LogP contribution in [0.2, 0.25) is 0 Å². The van der Waals surface area contributed by atoms with Crippen molar-refractivity contribution in [1.82, 2.24) is 0 Å². The van der Waals surface area contributed by atoms with E-state index in [9.17, 15) is 14.9 Å². The van der Waals surface area contributed by atoms with Crippen molar-refractivity contribution in [1.29, 1.82) is 0 Å². The van der Waals surface area contributed by atoms with Gasteiger partial charge in [0.1, 0.15) is 6.61 Å². The summed E-state index contributed by atoms with van der Waals surface area (Å²) in [6.45, 7) is 3.63. The van der Waals surface area contributed by atoms with E-state index in [1.807, 2.05) is 0 Å². The average molecular weight is 328 g/mol. The molecule has 0 bridgehead atoms. The maximum atomic E-state index is 10.8. The molecule has 0 saturated heterocycles. The number of halogens is 1. The Morgan fingerprint density at radius 3 is 2.79 bits per heavy atom. The van der Waals surface area contributed by atoms with E-state index in [1.165, 1.54) is 24.3 Å². The lowest BCUT2D eigenvalue weighted by Crippen LogP contribution is -2.00. The predicted octanol–water partition coefficient (Wildman–Crippen LogP) is 2.98. The van der Waals surface area contributed by atoms with Gasteiger partial charge < -0.3 is 9.84 Å². The zero-order chi connectivity index (χ0) is 14.4. The van der Waals surface area contributed by atoms with Gasteiger partial charge >= 0.3 is 11.7 Å². The van der Waals surface area contributed by atoms with Crippen LogP contribution in [0.4, 0.5) is 5.69 Å². The molecular weight excluding hydrogens is 318 g/mol. The zero-order valence-electron chi connectivity index (χ0n) is 9.71. The monoisotopic (exact) mass is 327 g/mol. The Balaban J connectivity index is 3.06. The maximum absolute atomic E-state index is 10.8. The number of nitrogens with zero attached hydrogens (tertiary/aromatic N) is 1.